The lowest BCUT2D eigenvalue weighted by Gasteiger charge is -2.17. The van der Waals surface area contributed by atoms with Crippen LogP contribution in [0, 0.1) is 6.92 Å². The fraction of sp³-hybridized carbons (Fsp3) is 0.296. The number of carbonyl (C=O) groups is 1. The number of rotatable bonds is 10. The van der Waals surface area contributed by atoms with Crippen LogP contribution < -0.4 is 10.1 Å². The smallest absolute Gasteiger partial charge is 0.294 e. The molecule has 0 spiro atoms. The van der Waals surface area contributed by atoms with E-state index in [1.54, 1.807) is 32.4 Å². The number of ether oxygens (including phenoxy) is 1. The van der Waals surface area contributed by atoms with Crippen LogP contribution >= 0.6 is 0 Å². The van der Waals surface area contributed by atoms with Crippen LogP contribution in [-0.4, -0.2) is 48.4 Å². The Balaban J connectivity index is 1.42. The van der Waals surface area contributed by atoms with Crippen LogP contribution in [0.3, 0.4) is 0 Å². The summed E-state index contributed by atoms with van der Waals surface area (Å²) in [6.45, 7) is 6.12. The quantitative estimate of drug-likeness (QED) is 0.285. The highest BCUT2D eigenvalue weighted by Gasteiger charge is 2.15. The number of benzene rings is 1. The summed E-state index contributed by atoms with van der Waals surface area (Å²) in [5, 5.41) is 20.7. The Morgan fingerprint density at radius 2 is 2.00 bits per heavy atom. The van der Waals surface area contributed by atoms with Crippen molar-refractivity contribution in [2.75, 3.05) is 11.9 Å². The molecule has 0 saturated carbocycles. The Labute approximate surface area is 210 Å². The SMILES string of the molecule is Cc1ccc(OCCCC(C)(C)O)cc1-c1ccnc(NC(=O)c2nnc(Cc3cccnc3)[nH]2)c1. The van der Waals surface area contributed by atoms with Crippen molar-refractivity contribution in [2.45, 2.75) is 45.6 Å². The fourth-order valence-electron chi connectivity index (χ4n) is 3.71. The van der Waals surface area contributed by atoms with Gasteiger partial charge in [0.2, 0.25) is 5.82 Å². The number of pyridine rings is 2. The zero-order valence-corrected chi connectivity index (χ0v) is 20.7. The minimum atomic E-state index is -0.702. The summed E-state index contributed by atoms with van der Waals surface area (Å²) in [5.74, 6) is 1.41. The maximum Gasteiger partial charge on any atom is 0.294 e. The monoisotopic (exact) mass is 486 g/mol. The number of aromatic nitrogens is 5. The lowest BCUT2D eigenvalue weighted by Crippen LogP contribution is -2.19. The van der Waals surface area contributed by atoms with Gasteiger partial charge in [-0.2, -0.15) is 0 Å². The van der Waals surface area contributed by atoms with Crippen LogP contribution in [0.2, 0.25) is 0 Å². The Morgan fingerprint density at radius 3 is 2.78 bits per heavy atom. The van der Waals surface area contributed by atoms with Gasteiger partial charge in [-0.15, -0.1) is 10.2 Å². The van der Waals surface area contributed by atoms with E-state index in [1.165, 1.54) is 0 Å². The minimum absolute atomic E-state index is 0.110. The maximum absolute atomic E-state index is 12.7. The zero-order chi connectivity index (χ0) is 25.5. The third-order valence-corrected chi connectivity index (χ3v) is 5.57. The zero-order valence-electron chi connectivity index (χ0n) is 20.7. The van der Waals surface area contributed by atoms with Gasteiger partial charge >= 0.3 is 0 Å². The van der Waals surface area contributed by atoms with Crippen LogP contribution in [0.1, 0.15) is 54.3 Å². The van der Waals surface area contributed by atoms with Gasteiger partial charge in [0.25, 0.3) is 5.91 Å². The second-order valence-electron chi connectivity index (χ2n) is 9.28. The molecule has 0 saturated heterocycles. The third-order valence-electron chi connectivity index (χ3n) is 5.57. The van der Waals surface area contributed by atoms with Crippen molar-refractivity contribution in [3.63, 3.8) is 0 Å². The van der Waals surface area contributed by atoms with E-state index < -0.39 is 11.5 Å². The van der Waals surface area contributed by atoms with Crippen LogP contribution in [0.25, 0.3) is 11.1 Å². The number of aromatic amines is 1. The van der Waals surface area contributed by atoms with E-state index in [0.717, 1.165) is 34.4 Å². The first kappa shape index (κ1) is 25.0. The van der Waals surface area contributed by atoms with Gasteiger partial charge in [-0.05, 0) is 86.2 Å². The molecule has 4 rings (SSSR count). The number of carbonyl (C=O) groups excluding carboxylic acids is 1. The summed E-state index contributed by atoms with van der Waals surface area (Å²) in [6.07, 6.45) is 7.01. The van der Waals surface area contributed by atoms with Crippen LogP contribution in [0.5, 0.6) is 5.75 Å². The first-order chi connectivity index (χ1) is 17.3. The molecule has 186 valence electrons. The molecule has 0 fully saturated rings. The topological polar surface area (TPSA) is 126 Å². The first-order valence-corrected chi connectivity index (χ1v) is 11.8. The lowest BCUT2D eigenvalue weighted by molar-refractivity contribution is 0.0641. The molecule has 9 nitrogen and oxygen atoms in total. The van der Waals surface area contributed by atoms with Crippen LogP contribution in [0.15, 0.2) is 61.1 Å². The van der Waals surface area contributed by atoms with Crippen molar-refractivity contribution in [3.05, 3.63) is 83.8 Å². The molecule has 0 radical (unpaired) electrons. The summed E-state index contributed by atoms with van der Waals surface area (Å²) in [5.41, 5.74) is 3.21. The van der Waals surface area contributed by atoms with Crippen molar-refractivity contribution in [2.24, 2.45) is 0 Å². The molecular formula is C27H30N6O3. The molecule has 0 bridgehead atoms. The molecule has 0 unspecified atom stereocenters. The second kappa shape index (κ2) is 11.1. The van der Waals surface area contributed by atoms with Crippen molar-refractivity contribution < 1.29 is 14.6 Å². The first-order valence-electron chi connectivity index (χ1n) is 11.8. The van der Waals surface area contributed by atoms with Gasteiger partial charge in [0.05, 0.1) is 12.2 Å². The summed E-state index contributed by atoms with van der Waals surface area (Å²) in [4.78, 5) is 24.1. The Hall–Kier alpha value is -4.11. The van der Waals surface area contributed by atoms with E-state index in [-0.39, 0.29) is 5.82 Å². The molecular weight excluding hydrogens is 456 g/mol. The average molecular weight is 487 g/mol. The Kier molecular flexibility index (Phi) is 7.70. The summed E-state index contributed by atoms with van der Waals surface area (Å²) >= 11 is 0. The van der Waals surface area contributed by atoms with Gasteiger partial charge in [-0.25, -0.2) is 4.98 Å². The largest absolute Gasteiger partial charge is 0.494 e. The van der Waals surface area contributed by atoms with E-state index in [0.29, 0.717) is 31.1 Å². The highest BCUT2D eigenvalue weighted by molar-refractivity contribution is 6.01. The molecule has 1 amide bonds. The van der Waals surface area contributed by atoms with Gasteiger partial charge in [0.15, 0.2) is 0 Å². The van der Waals surface area contributed by atoms with E-state index in [1.807, 2.05) is 49.4 Å². The molecule has 3 heterocycles. The van der Waals surface area contributed by atoms with E-state index in [2.05, 4.69) is 30.5 Å². The third kappa shape index (κ3) is 6.96. The number of aryl methyl sites for hydroxylation is 1. The van der Waals surface area contributed by atoms with Crippen molar-refractivity contribution >= 4 is 11.7 Å². The fourth-order valence-corrected chi connectivity index (χ4v) is 3.71. The van der Waals surface area contributed by atoms with E-state index in [9.17, 15) is 9.90 Å². The number of amides is 1. The van der Waals surface area contributed by atoms with E-state index in [4.69, 9.17) is 4.74 Å². The summed E-state index contributed by atoms with van der Waals surface area (Å²) in [6, 6.07) is 13.4. The Bertz CT molecular complexity index is 1310. The van der Waals surface area contributed by atoms with Gasteiger partial charge < -0.3 is 20.1 Å². The number of H-pyrrole nitrogens is 1. The van der Waals surface area contributed by atoms with Gasteiger partial charge in [0, 0.05) is 25.0 Å². The molecule has 9 heteroatoms. The van der Waals surface area contributed by atoms with E-state index >= 15 is 0 Å². The van der Waals surface area contributed by atoms with Crippen LogP contribution in [0.4, 0.5) is 5.82 Å². The highest BCUT2D eigenvalue weighted by Crippen LogP contribution is 2.29. The second-order valence-corrected chi connectivity index (χ2v) is 9.28. The molecule has 1 aromatic carbocycles. The standard InChI is InChI=1S/C27H30N6O3/c1-18-7-8-21(36-13-5-10-27(2,3)35)16-22(18)20-9-12-29-23(15-20)31-26(34)25-30-24(32-33-25)14-19-6-4-11-28-17-19/h4,6-9,11-12,15-17,35H,5,10,13-14H2,1-3H3,(H,29,31,34)(H,30,32,33). The van der Waals surface area contributed by atoms with Gasteiger partial charge in [-0.1, -0.05) is 12.1 Å². The number of hydrogen-bond acceptors (Lipinski definition) is 7. The van der Waals surface area contributed by atoms with Crippen molar-refractivity contribution in [1.29, 1.82) is 0 Å². The molecule has 4 aromatic rings. The minimum Gasteiger partial charge on any atom is -0.494 e. The molecule has 0 aliphatic carbocycles. The molecule has 3 aromatic heterocycles. The number of aliphatic hydroxyl groups is 1. The molecule has 36 heavy (non-hydrogen) atoms. The highest BCUT2D eigenvalue weighted by atomic mass is 16.5. The van der Waals surface area contributed by atoms with Gasteiger partial charge in [0.1, 0.15) is 17.4 Å². The van der Waals surface area contributed by atoms with Crippen molar-refractivity contribution in [3.8, 4) is 16.9 Å². The number of anilines is 1. The molecule has 0 atom stereocenters. The normalized spacial score (nSPS) is 11.3. The predicted molar refractivity (Wildman–Crippen MR) is 137 cm³/mol. The number of hydrogen-bond donors (Lipinski definition) is 3. The molecule has 0 aliphatic rings. The van der Waals surface area contributed by atoms with Crippen LogP contribution in [-0.2, 0) is 6.42 Å². The molecule has 0 aliphatic heterocycles. The maximum atomic E-state index is 12.7. The predicted octanol–water partition coefficient (Wildman–Crippen LogP) is 4.34. The summed E-state index contributed by atoms with van der Waals surface area (Å²) < 4.78 is 5.90. The number of nitrogens with zero attached hydrogens (tertiary/aromatic N) is 4. The average Bonchev–Trinajstić information content (AvgIpc) is 3.32. The molecule has 3 N–H and O–H groups in total. The lowest BCUT2D eigenvalue weighted by atomic mass is 10.0. The summed E-state index contributed by atoms with van der Waals surface area (Å²) in [7, 11) is 0. The Morgan fingerprint density at radius 1 is 1.14 bits per heavy atom. The van der Waals surface area contributed by atoms with Gasteiger partial charge in [-0.3, -0.25) is 9.78 Å². The number of nitrogens with one attached hydrogen (secondary N) is 2. The van der Waals surface area contributed by atoms with Crippen molar-refractivity contribution in [1.82, 2.24) is 25.1 Å².